The number of ether oxygens (including phenoxy) is 3. The van der Waals surface area contributed by atoms with Gasteiger partial charge in [0.25, 0.3) is 0 Å². The molecule has 0 aliphatic heterocycles. The largest absolute Gasteiger partial charge is 0.489 e. The van der Waals surface area contributed by atoms with Gasteiger partial charge in [-0.15, -0.1) is 0 Å². The lowest BCUT2D eigenvalue weighted by Crippen LogP contribution is -2.01. The van der Waals surface area contributed by atoms with Crippen LogP contribution in [0, 0.1) is 11.3 Å². The van der Waals surface area contributed by atoms with Gasteiger partial charge in [0, 0.05) is 37.5 Å². The van der Waals surface area contributed by atoms with Gasteiger partial charge in [-0.2, -0.15) is 5.26 Å². The van der Waals surface area contributed by atoms with E-state index in [2.05, 4.69) is 4.98 Å². The summed E-state index contributed by atoms with van der Waals surface area (Å²) in [5.74, 6) is 0.701. The van der Waals surface area contributed by atoms with E-state index < -0.39 is 5.97 Å². The van der Waals surface area contributed by atoms with Gasteiger partial charge in [-0.05, 0) is 29.8 Å². The lowest BCUT2D eigenvalue weighted by atomic mass is 10.2. The lowest BCUT2D eigenvalue weighted by Gasteiger charge is -2.13. The molecule has 29 heavy (non-hydrogen) atoms. The summed E-state index contributed by atoms with van der Waals surface area (Å²) in [5.41, 5.74) is 1.08. The van der Waals surface area contributed by atoms with E-state index in [0.29, 0.717) is 18.1 Å². The van der Waals surface area contributed by atoms with Crippen molar-refractivity contribution >= 4 is 29.2 Å². The number of halogens is 2. The van der Waals surface area contributed by atoms with Crippen molar-refractivity contribution in [2.75, 3.05) is 0 Å². The van der Waals surface area contributed by atoms with Gasteiger partial charge in [-0.3, -0.25) is 9.78 Å². The van der Waals surface area contributed by atoms with Crippen molar-refractivity contribution in [2.24, 2.45) is 0 Å². The third kappa shape index (κ3) is 5.38. The van der Waals surface area contributed by atoms with Crippen LogP contribution in [0.15, 0.2) is 54.9 Å². The van der Waals surface area contributed by atoms with Crippen molar-refractivity contribution in [3.8, 4) is 29.1 Å². The number of pyridine rings is 1. The smallest absolute Gasteiger partial charge is 0.308 e. The fourth-order valence-corrected chi connectivity index (χ4v) is 2.84. The Bertz CT molecular complexity index is 1080. The first kappa shape index (κ1) is 20.5. The van der Waals surface area contributed by atoms with Crippen molar-refractivity contribution in [1.82, 2.24) is 4.98 Å². The van der Waals surface area contributed by atoms with Gasteiger partial charge < -0.3 is 14.2 Å². The highest BCUT2D eigenvalue weighted by Gasteiger charge is 2.14. The second-order valence-corrected chi connectivity index (χ2v) is 6.64. The maximum absolute atomic E-state index is 11.1. The molecule has 3 aromatic rings. The van der Waals surface area contributed by atoms with Crippen molar-refractivity contribution < 1.29 is 19.0 Å². The zero-order chi connectivity index (χ0) is 20.8. The number of carbonyl (C=O) groups is 1. The second-order valence-electron chi connectivity index (χ2n) is 5.82. The topological polar surface area (TPSA) is 81.4 Å². The molecule has 0 unspecified atom stereocenters. The number of hydrogen-bond donors (Lipinski definition) is 0. The van der Waals surface area contributed by atoms with Crippen LogP contribution in [-0.2, 0) is 11.4 Å². The lowest BCUT2D eigenvalue weighted by molar-refractivity contribution is -0.131. The number of aromatic nitrogens is 1. The van der Waals surface area contributed by atoms with Crippen molar-refractivity contribution in [3.63, 3.8) is 0 Å². The summed E-state index contributed by atoms with van der Waals surface area (Å²) in [7, 11) is 0. The minimum Gasteiger partial charge on any atom is -0.489 e. The van der Waals surface area contributed by atoms with E-state index >= 15 is 0 Å². The van der Waals surface area contributed by atoms with E-state index in [9.17, 15) is 10.1 Å². The van der Waals surface area contributed by atoms with E-state index in [1.54, 1.807) is 30.6 Å². The van der Waals surface area contributed by atoms with Gasteiger partial charge in [0.05, 0.1) is 10.0 Å². The third-order valence-corrected chi connectivity index (χ3v) is 4.27. The van der Waals surface area contributed by atoms with E-state index in [-0.39, 0.29) is 27.1 Å². The Balaban J connectivity index is 1.84. The zero-order valence-electron chi connectivity index (χ0n) is 15.2. The van der Waals surface area contributed by atoms with Gasteiger partial charge in [-0.25, -0.2) is 0 Å². The van der Waals surface area contributed by atoms with E-state index in [1.165, 1.54) is 19.1 Å². The van der Waals surface area contributed by atoms with E-state index in [1.807, 2.05) is 18.2 Å². The molecule has 8 heteroatoms. The first-order chi connectivity index (χ1) is 14.0. The molecule has 3 rings (SSSR count). The molecule has 0 radical (unpaired) electrons. The Hall–Kier alpha value is -3.27. The average Bonchev–Trinajstić information content (AvgIpc) is 2.69. The van der Waals surface area contributed by atoms with Crippen LogP contribution in [0.3, 0.4) is 0 Å². The number of hydrogen-bond acceptors (Lipinski definition) is 6. The molecule has 0 fully saturated rings. The summed E-state index contributed by atoms with van der Waals surface area (Å²) in [6, 6.07) is 13.3. The summed E-state index contributed by atoms with van der Waals surface area (Å²) in [4.78, 5) is 15.0. The standard InChI is InChI=1S/C21H14Cl2N2O4/c1-13(26)28-20-3-2-15(8-19(20)23)29-21-10-16(9-18(22)17(21)11-24)27-12-14-4-6-25-7-5-14/h2-10H,12H2,1H3. The number of nitrogens with zero attached hydrogens (tertiary/aromatic N) is 2. The molecule has 0 atom stereocenters. The second kappa shape index (κ2) is 9.28. The van der Waals surface area contributed by atoms with Crippen LogP contribution in [0.25, 0.3) is 0 Å². The Morgan fingerprint density at radius 2 is 1.76 bits per heavy atom. The molecule has 2 aromatic carbocycles. The third-order valence-electron chi connectivity index (χ3n) is 3.68. The Morgan fingerprint density at radius 3 is 2.41 bits per heavy atom. The van der Waals surface area contributed by atoms with E-state index in [0.717, 1.165) is 5.56 Å². The maximum atomic E-state index is 11.1. The van der Waals surface area contributed by atoms with Crippen molar-refractivity contribution in [1.29, 1.82) is 5.26 Å². The molecule has 0 aliphatic carbocycles. The molecule has 1 heterocycles. The molecular weight excluding hydrogens is 415 g/mol. The highest BCUT2D eigenvalue weighted by atomic mass is 35.5. The van der Waals surface area contributed by atoms with Gasteiger partial charge in [0.15, 0.2) is 0 Å². The average molecular weight is 429 g/mol. The minimum atomic E-state index is -0.488. The molecule has 0 aliphatic rings. The normalized spacial score (nSPS) is 10.1. The predicted octanol–water partition coefficient (Wildman–Crippen LogP) is 5.56. The summed E-state index contributed by atoms with van der Waals surface area (Å²) < 4.78 is 16.5. The van der Waals surface area contributed by atoms with Gasteiger partial charge in [-0.1, -0.05) is 23.2 Å². The quantitative estimate of drug-likeness (QED) is 0.377. The van der Waals surface area contributed by atoms with Gasteiger partial charge in [0.1, 0.15) is 41.2 Å². The number of esters is 1. The summed E-state index contributed by atoms with van der Waals surface area (Å²) >= 11 is 12.3. The van der Waals surface area contributed by atoms with Gasteiger partial charge in [0.2, 0.25) is 0 Å². The highest BCUT2D eigenvalue weighted by molar-refractivity contribution is 6.32. The molecule has 1 aromatic heterocycles. The van der Waals surface area contributed by atoms with Crippen LogP contribution in [0.5, 0.6) is 23.0 Å². The molecule has 0 saturated carbocycles. The number of rotatable bonds is 6. The summed E-state index contributed by atoms with van der Waals surface area (Å²) in [6.45, 7) is 1.58. The van der Waals surface area contributed by atoms with Crippen LogP contribution in [0.4, 0.5) is 0 Å². The molecule has 0 bridgehead atoms. The zero-order valence-corrected chi connectivity index (χ0v) is 16.7. The molecule has 0 amide bonds. The highest BCUT2D eigenvalue weighted by Crippen LogP contribution is 2.37. The number of benzene rings is 2. The number of nitriles is 1. The molecule has 0 spiro atoms. The van der Waals surface area contributed by atoms with Crippen LogP contribution >= 0.6 is 23.2 Å². The van der Waals surface area contributed by atoms with Crippen LogP contribution in [0.2, 0.25) is 10.0 Å². The van der Waals surface area contributed by atoms with Gasteiger partial charge >= 0.3 is 5.97 Å². The van der Waals surface area contributed by atoms with Crippen LogP contribution in [0.1, 0.15) is 18.1 Å². The number of carbonyl (C=O) groups excluding carboxylic acids is 1. The Labute approximate surface area is 177 Å². The Kier molecular flexibility index (Phi) is 6.55. The fraction of sp³-hybridized carbons (Fsp3) is 0.0952. The van der Waals surface area contributed by atoms with Crippen molar-refractivity contribution in [3.05, 3.63) is 76.0 Å². The summed E-state index contributed by atoms with van der Waals surface area (Å²) in [6.07, 6.45) is 3.34. The molecule has 0 N–H and O–H groups in total. The first-order valence-electron chi connectivity index (χ1n) is 8.37. The van der Waals surface area contributed by atoms with Crippen LogP contribution < -0.4 is 14.2 Å². The Morgan fingerprint density at radius 1 is 1.03 bits per heavy atom. The molecule has 146 valence electrons. The monoisotopic (exact) mass is 428 g/mol. The van der Waals surface area contributed by atoms with Crippen LogP contribution in [-0.4, -0.2) is 11.0 Å². The fourth-order valence-electron chi connectivity index (χ4n) is 2.39. The van der Waals surface area contributed by atoms with E-state index in [4.69, 9.17) is 37.4 Å². The van der Waals surface area contributed by atoms with Crippen molar-refractivity contribution in [2.45, 2.75) is 13.5 Å². The maximum Gasteiger partial charge on any atom is 0.308 e. The molecule has 0 saturated heterocycles. The SMILES string of the molecule is CC(=O)Oc1ccc(Oc2cc(OCc3ccncc3)cc(Cl)c2C#N)cc1Cl. The predicted molar refractivity (Wildman–Crippen MR) is 108 cm³/mol. The molecular formula is C21H14Cl2N2O4. The first-order valence-corrected chi connectivity index (χ1v) is 9.13. The minimum absolute atomic E-state index is 0.156. The summed E-state index contributed by atoms with van der Waals surface area (Å²) in [5, 5.41) is 9.81. The molecule has 6 nitrogen and oxygen atoms in total.